The number of rotatable bonds is 6. The Morgan fingerprint density at radius 3 is 2.35 bits per heavy atom. The van der Waals surface area contributed by atoms with Gasteiger partial charge >= 0.3 is 0 Å². The number of non-ortho nitro benzene ring substituents is 1. The van der Waals surface area contributed by atoms with Crippen LogP contribution in [0.25, 0.3) is 0 Å². The van der Waals surface area contributed by atoms with Crippen molar-refractivity contribution in [3.63, 3.8) is 0 Å². The molecule has 1 aromatic rings. The molecule has 114 valence electrons. The number of nitro groups is 2. The third kappa shape index (κ3) is 5.13. The molecule has 9 heteroatoms. The lowest BCUT2D eigenvalue weighted by Crippen LogP contribution is -1.97. The van der Waals surface area contributed by atoms with Crippen LogP contribution in [0.15, 0.2) is 54.3 Å². The largest absolute Gasteiger partial charge is 0.356 e. The molecule has 9 nitrogen and oxygen atoms in total. The van der Waals surface area contributed by atoms with Gasteiger partial charge in [0, 0.05) is 12.3 Å². The summed E-state index contributed by atoms with van der Waals surface area (Å²) < 4.78 is 0. The fraction of sp³-hybridized carbons (Fsp3) is 0. The highest BCUT2D eigenvalue weighted by molar-refractivity contribution is 5.66. The van der Waals surface area contributed by atoms with Gasteiger partial charge in [0.25, 0.3) is 11.4 Å². The van der Waals surface area contributed by atoms with Crippen molar-refractivity contribution in [1.82, 2.24) is 0 Å². The second kappa shape index (κ2) is 8.34. The van der Waals surface area contributed by atoms with Crippen LogP contribution in [0.2, 0.25) is 0 Å². The maximum atomic E-state index is 10.9. The predicted molar refractivity (Wildman–Crippen MR) is 81.0 cm³/mol. The molecule has 0 heterocycles. The van der Waals surface area contributed by atoms with E-state index in [0.29, 0.717) is 0 Å². The molecule has 1 N–H and O–H groups in total. The Balaban J connectivity index is 2.84. The third-order valence-electron chi connectivity index (χ3n) is 2.45. The van der Waals surface area contributed by atoms with E-state index < -0.39 is 15.5 Å². The van der Waals surface area contributed by atoms with Crippen molar-refractivity contribution >= 4 is 17.1 Å². The van der Waals surface area contributed by atoms with E-state index in [-0.39, 0.29) is 16.9 Å². The molecule has 0 aromatic heterocycles. The Morgan fingerprint density at radius 2 is 1.78 bits per heavy atom. The van der Waals surface area contributed by atoms with Gasteiger partial charge in [-0.15, -0.1) is 0 Å². The second-order valence-electron chi connectivity index (χ2n) is 3.91. The van der Waals surface area contributed by atoms with Crippen LogP contribution in [-0.4, -0.2) is 9.85 Å². The molecule has 0 aliphatic carbocycles. The third-order valence-corrected chi connectivity index (χ3v) is 2.45. The summed E-state index contributed by atoms with van der Waals surface area (Å²) in [5.41, 5.74) is -0.773. The molecule has 1 aromatic carbocycles. The molecular formula is C14H9N5O4. The maximum Gasteiger partial charge on any atom is 0.299 e. The fourth-order valence-corrected chi connectivity index (χ4v) is 1.42. The van der Waals surface area contributed by atoms with Crippen molar-refractivity contribution in [3.05, 3.63) is 74.5 Å². The minimum atomic E-state index is -0.728. The minimum absolute atomic E-state index is 0.0615. The van der Waals surface area contributed by atoms with E-state index in [1.807, 2.05) is 0 Å². The molecule has 0 bridgehead atoms. The van der Waals surface area contributed by atoms with E-state index in [2.05, 4.69) is 5.32 Å². The highest BCUT2D eigenvalue weighted by Crippen LogP contribution is 2.28. The average Bonchev–Trinajstić information content (AvgIpc) is 2.54. The van der Waals surface area contributed by atoms with Gasteiger partial charge in [-0.2, -0.15) is 10.5 Å². The summed E-state index contributed by atoms with van der Waals surface area (Å²) in [5, 5.41) is 41.2. The Hall–Kier alpha value is -3.98. The number of nitro benzene ring substituents is 2. The van der Waals surface area contributed by atoms with Gasteiger partial charge in [-0.1, -0.05) is 12.2 Å². The summed E-state index contributed by atoms with van der Waals surface area (Å²) in [5.74, 6) is 0. The topological polar surface area (TPSA) is 146 Å². The van der Waals surface area contributed by atoms with Crippen LogP contribution >= 0.6 is 0 Å². The first-order valence-corrected chi connectivity index (χ1v) is 6.02. The van der Waals surface area contributed by atoms with Crippen LogP contribution in [0.5, 0.6) is 0 Å². The van der Waals surface area contributed by atoms with Gasteiger partial charge in [-0.25, -0.2) is 0 Å². The number of hydrogen-bond donors (Lipinski definition) is 1. The number of nitrogens with one attached hydrogen (secondary N) is 1. The summed E-state index contributed by atoms with van der Waals surface area (Å²) in [6.07, 6.45) is 7.10. The first-order valence-electron chi connectivity index (χ1n) is 6.02. The molecule has 23 heavy (non-hydrogen) atoms. The Bertz CT molecular complexity index is 780. The number of nitriles is 2. The van der Waals surface area contributed by atoms with Crippen molar-refractivity contribution in [2.75, 3.05) is 5.32 Å². The fourth-order valence-electron chi connectivity index (χ4n) is 1.42. The molecule has 1 rings (SSSR count). The summed E-state index contributed by atoms with van der Waals surface area (Å²) in [4.78, 5) is 20.1. The summed E-state index contributed by atoms with van der Waals surface area (Å²) in [6.45, 7) is 0. The first kappa shape index (κ1) is 17.1. The highest BCUT2D eigenvalue weighted by atomic mass is 16.6. The molecule has 0 saturated heterocycles. The Labute approximate surface area is 130 Å². The monoisotopic (exact) mass is 311 g/mol. The van der Waals surface area contributed by atoms with Gasteiger partial charge in [0.1, 0.15) is 23.4 Å². The first-order chi connectivity index (χ1) is 11.0. The van der Waals surface area contributed by atoms with Crippen molar-refractivity contribution in [1.29, 1.82) is 10.5 Å². The number of benzene rings is 1. The van der Waals surface area contributed by atoms with Gasteiger partial charge in [0.05, 0.1) is 15.9 Å². The van der Waals surface area contributed by atoms with Crippen LogP contribution in [0.3, 0.4) is 0 Å². The van der Waals surface area contributed by atoms with Gasteiger partial charge in [-0.3, -0.25) is 20.2 Å². The van der Waals surface area contributed by atoms with Crippen LogP contribution < -0.4 is 5.32 Å². The molecule has 0 fully saturated rings. The van der Waals surface area contributed by atoms with E-state index in [0.717, 1.165) is 12.1 Å². The normalized spacial score (nSPS) is 10.0. The zero-order valence-corrected chi connectivity index (χ0v) is 11.5. The van der Waals surface area contributed by atoms with Crippen LogP contribution in [0.1, 0.15) is 0 Å². The van der Waals surface area contributed by atoms with Crippen LogP contribution in [-0.2, 0) is 0 Å². The van der Waals surface area contributed by atoms with Crippen molar-refractivity contribution in [2.45, 2.75) is 0 Å². The standard InChI is InChI=1S/C14H9N5O4/c15-9-11(10-16)4-2-1-3-7-17-13-6-5-12(18(20)21)8-14(13)19(22)23/h1-8,17H/b2-1+,7-3+. The zero-order chi connectivity index (χ0) is 17.2. The molecule has 0 spiro atoms. The number of allylic oxidation sites excluding steroid dienone is 5. The van der Waals surface area contributed by atoms with Gasteiger partial charge in [-0.05, 0) is 18.2 Å². The van der Waals surface area contributed by atoms with Crippen LogP contribution in [0, 0.1) is 42.9 Å². The summed E-state index contributed by atoms with van der Waals surface area (Å²) >= 11 is 0. The number of anilines is 1. The molecular weight excluding hydrogens is 302 g/mol. The van der Waals surface area contributed by atoms with Crippen molar-refractivity contribution in [3.8, 4) is 12.1 Å². The smallest absolute Gasteiger partial charge is 0.299 e. The lowest BCUT2D eigenvalue weighted by molar-refractivity contribution is -0.393. The zero-order valence-electron chi connectivity index (χ0n) is 11.5. The summed E-state index contributed by atoms with van der Waals surface area (Å²) in [6, 6.07) is 6.60. The molecule has 0 radical (unpaired) electrons. The highest BCUT2D eigenvalue weighted by Gasteiger charge is 2.18. The van der Waals surface area contributed by atoms with E-state index in [4.69, 9.17) is 10.5 Å². The second-order valence-corrected chi connectivity index (χ2v) is 3.91. The SMILES string of the molecule is N#CC(C#N)=C/C=C/C=C/Nc1ccc([N+](=O)[O-])cc1[N+](=O)[O-]. The predicted octanol–water partition coefficient (Wildman–Crippen LogP) is 2.96. The molecule has 0 amide bonds. The lowest BCUT2D eigenvalue weighted by Gasteiger charge is -2.01. The Morgan fingerprint density at radius 1 is 1.09 bits per heavy atom. The van der Waals surface area contributed by atoms with E-state index in [9.17, 15) is 20.2 Å². The average molecular weight is 311 g/mol. The van der Waals surface area contributed by atoms with Crippen molar-refractivity contribution < 1.29 is 9.85 Å². The molecule has 0 unspecified atom stereocenters. The van der Waals surface area contributed by atoms with Gasteiger partial charge in [0.2, 0.25) is 0 Å². The lowest BCUT2D eigenvalue weighted by atomic mass is 10.2. The van der Waals surface area contributed by atoms with Crippen molar-refractivity contribution in [2.24, 2.45) is 0 Å². The Kier molecular flexibility index (Phi) is 6.19. The van der Waals surface area contributed by atoms with E-state index in [1.54, 1.807) is 12.1 Å². The molecule has 0 saturated carbocycles. The summed E-state index contributed by atoms with van der Waals surface area (Å²) in [7, 11) is 0. The van der Waals surface area contributed by atoms with E-state index >= 15 is 0 Å². The quantitative estimate of drug-likeness (QED) is 0.367. The molecule has 0 aliphatic heterocycles. The molecule has 0 atom stereocenters. The van der Waals surface area contributed by atoms with E-state index in [1.165, 1.54) is 36.6 Å². The van der Waals surface area contributed by atoms with Gasteiger partial charge < -0.3 is 5.32 Å². The number of hydrogen-bond acceptors (Lipinski definition) is 7. The maximum absolute atomic E-state index is 10.9. The molecule has 0 aliphatic rings. The number of nitrogens with zero attached hydrogens (tertiary/aromatic N) is 4. The van der Waals surface area contributed by atoms with Gasteiger partial charge in [0.15, 0.2) is 0 Å². The van der Waals surface area contributed by atoms with Crippen LogP contribution in [0.4, 0.5) is 17.1 Å². The minimum Gasteiger partial charge on any atom is -0.356 e.